The van der Waals surface area contributed by atoms with Crippen LogP contribution in [0.25, 0.3) is 0 Å². The van der Waals surface area contributed by atoms with Gasteiger partial charge in [0, 0.05) is 0 Å². The Morgan fingerprint density at radius 1 is 1.45 bits per heavy atom. The summed E-state index contributed by atoms with van der Waals surface area (Å²) in [7, 11) is -1.55. The molecule has 0 radical (unpaired) electrons. The second-order valence-electron chi connectivity index (χ2n) is 3.31. The molecule has 3 heteroatoms. The molecule has 11 heavy (non-hydrogen) atoms. The van der Waals surface area contributed by atoms with Gasteiger partial charge in [0.1, 0.15) is 0 Å². The van der Waals surface area contributed by atoms with E-state index in [-0.39, 0.29) is 6.10 Å². The molecule has 2 nitrogen and oxygen atoms in total. The SMILES string of the molecule is C/C=C/C(C#N)O[Si](C)(C)C. The zero-order valence-corrected chi connectivity index (χ0v) is 8.59. The van der Waals surface area contributed by atoms with Crippen molar-refractivity contribution in [1.82, 2.24) is 0 Å². The van der Waals surface area contributed by atoms with E-state index < -0.39 is 8.32 Å². The third kappa shape index (κ3) is 5.83. The highest BCUT2D eigenvalue weighted by Gasteiger charge is 2.18. The van der Waals surface area contributed by atoms with Crippen molar-refractivity contribution in [2.45, 2.75) is 32.7 Å². The first-order valence-corrected chi connectivity index (χ1v) is 7.10. The monoisotopic (exact) mass is 169 g/mol. The first-order valence-electron chi connectivity index (χ1n) is 3.70. The molecule has 0 heterocycles. The molecule has 0 saturated heterocycles. The maximum Gasteiger partial charge on any atom is 0.185 e. The Morgan fingerprint density at radius 2 is 2.00 bits per heavy atom. The molecule has 0 fully saturated rings. The normalized spacial score (nSPS) is 14.8. The van der Waals surface area contributed by atoms with Crippen LogP contribution in [0, 0.1) is 11.3 Å². The minimum atomic E-state index is -1.55. The predicted molar refractivity (Wildman–Crippen MR) is 48.6 cm³/mol. The fraction of sp³-hybridized carbons (Fsp3) is 0.625. The molecule has 0 aliphatic carbocycles. The van der Waals surface area contributed by atoms with Gasteiger partial charge in [-0.1, -0.05) is 6.08 Å². The summed E-state index contributed by atoms with van der Waals surface area (Å²) in [6.45, 7) is 8.10. The van der Waals surface area contributed by atoms with Crippen molar-refractivity contribution < 1.29 is 4.43 Å². The molecule has 0 aromatic carbocycles. The second-order valence-corrected chi connectivity index (χ2v) is 7.77. The van der Waals surface area contributed by atoms with Gasteiger partial charge in [-0.2, -0.15) is 5.26 Å². The van der Waals surface area contributed by atoms with Gasteiger partial charge in [0.15, 0.2) is 14.4 Å². The Hall–Kier alpha value is -0.593. The van der Waals surface area contributed by atoms with Gasteiger partial charge in [-0.25, -0.2) is 0 Å². The summed E-state index contributed by atoms with van der Waals surface area (Å²) in [6.07, 6.45) is 3.26. The Bertz CT molecular complexity index is 176. The minimum absolute atomic E-state index is 0.355. The minimum Gasteiger partial charge on any atom is -0.399 e. The van der Waals surface area contributed by atoms with Gasteiger partial charge in [0.25, 0.3) is 0 Å². The highest BCUT2D eigenvalue weighted by atomic mass is 28.4. The zero-order valence-electron chi connectivity index (χ0n) is 7.59. The molecule has 0 aromatic heterocycles. The summed E-state index contributed by atoms with van der Waals surface area (Å²) in [5.41, 5.74) is 0. The number of allylic oxidation sites excluding steroid dienone is 1. The zero-order chi connectivity index (χ0) is 8.91. The van der Waals surface area contributed by atoms with Crippen molar-refractivity contribution in [2.75, 3.05) is 0 Å². The van der Waals surface area contributed by atoms with E-state index in [2.05, 4.69) is 25.7 Å². The summed E-state index contributed by atoms with van der Waals surface area (Å²) in [5.74, 6) is 0. The molecule has 1 atom stereocenters. The van der Waals surface area contributed by atoms with Gasteiger partial charge in [0.2, 0.25) is 0 Å². The molecular formula is C8H15NOSi. The number of hydrogen-bond donors (Lipinski definition) is 0. The van der Waals surface area contributed by atoms with Crippen LogP contribution in [0.4, 0.5) is 0 Å². The molecule has 1 unspecified atom stereocenters. The lowest BCUT2D eigenvalue weighted by Crippen LogP contribution is -2.30. The number of hydrogen-bond acceptors (Lipinski definition) is 2. The molecule has 0 N–H and O–H groups in total. The Labute approximate surface area is 69.6 Å². The van der Waals surface area contributed by atoms with Gasteiger partial charge >= 0.3 is 0 Å². The largest absolute Gasteiger partial charge is 0.399 e. The van der Waals surface area contributed by atoms with E-state index in [9.17, 15) is 0 Å². The summed E-state index contributed by atoms with van der Waals surface area (Å²) in [4.78, 5) is 0. The molecular weight excluding hydrogens is 154 g/mol. The third-order valence-electron chi connectivity index (χ3n) is 0.975. The van der Waals surface area contributed by atoms with Crippen LogP contribution in [0.5, 0.6) is 0 Å². The molecule has 0 aliphatic rings. The van der Waals surface area contributed by atoms with E-state index in [1.54, 1.807) is 6.08 Å². The molecule has 0 spiro atoms. The lowest BCUT2D eigenvalue weighted by atomic mass is 10.4. The third-order valence-corrected chi connectivity index (χ3v) is 1.94. The molecule has 0 aromatic rings. The second kappa shape index (κ2) is 4.32. The van der Waals surface area contributed by atoms with Gasteiger partial charge in [-0.3, -0.25) is 0 Å². The molecule has 0 rings (SSSR count). The fourth-order valence-corrected chi connectivity index (χ4v) is 1.56. The maximum atomic E-state index is 8.62. The fourth-order valence-electron chi connectivity index (χ4n) is 0.664. The van der Waals surface area contributed by atoms with E-state index in [1.807, 2.05) is 13.0 Å². The van der Waals surface area contributed by atoms with Crippen molar-refractivity contribution in [3.63, 3.8) is 0 Å². The first-order chi connectivity index (χ1) is 4.99. The Kier molecular flexibility index (Phi) is 4.09. The van der Waals surface area contributed by atoms with Gasteiger partial charge in [0.05, 0.1) is 6.07 Å². The number of rotatable bonds is 3. The average molecular weight is 169 g/mol. The van der Waals surface area contributed by atoms with Crippen LogP contribution in [-0.4, -0.2) is 14.4 Å². The summed E-state index contributed by atoms with van der Waals surface area (Å²) in [6, 6.07) is 2.09. The van der Waals surface area contributed by atoms with Crippen molar-refractivity contribution in [2.24, 2.45) is 0 Å². The van der Waals surface area contributed by atoms with Crippen LogP contribution in [0.2, 0.25) is 19.6 Å². The van der Waals surface area contributed by atoms with Crippen LogP contribution < -0.4 is 0 Å². The predicted octanol–water partition coefficient (Wildman–Crippen LogP) is 2.31. The van der Waals surface area contributed by atoms with E-state index >= 15 is 0 Å². The topological polar surface area (TPSA) is 33.0 Å². The number of nitrogens with zero attached hydrogens (tertiary/aromatic N) is 1. The highest BCUT2D eigenvalue weighted by molar-refractivity contribution is 6.69. The van der Waals surface area contributed by atoms with Crippen LogP contribution in [-0.2, 0) is 4.43 Å². The standard InChI is InChI=1S/C8H15NOSi/c1-5-6-8(7-9)10-11(2,3)4/h5-6,8H,1-4H3/b6-5+. The van der Waals surface area contributed by atoms with Gasteiger partial charge in [-0.05, 0) is 32.6 Å². The maximum absolute atomic E-state index is 8.62. The lowest BCUT2D eigenvalue weighted by molar-refractivity contribution is 0.296. The van der Waals surface area contributed by atoms with E-state index in [0.29, 0.717) is 0 Å². The van der Waals surface area contributed by atoms with Gasteiger partial charge in [-0.15, -0.1) is 0 Å². The average Bonchev–Trinajstić information content (AvgIpc) is 1.84. The summed E-state index contributed by atoms with van der Waals surface area (Å²) in [5, 5.41) is 8.62. The van der Waals surface area contributed by atoms with Crippen LogP contribution in [0.3, 0.4) is 0 Å². The molecule has 0 amide bonds. The lowest BCUT2D eigenvalue weighted by Gasteiger charge is -2.19. The molecule has 0 bridgehead atoms. The van der Waals surface area contributed by atoms with Crippen molar-refractivity contribution in [3.8, 4) is 6.07 Å². The van der Waals surface area contributed by atoms with Gasteiger partial charge < -0.3 is 4.43 Å². The van der Waals surface area contributed by atoms with Crippen molar-refractivity contribution in [3.05, 3.63) is 12.2 Å². The summed E-state index contributed by atoms with van der Waals surface area (Å²) >= 11 is 0. The van der Waals surface area contributed by atoms with E-state index in [0.717, 1.165) is 0 Å². The smallest absolute Gasteiger partial charge is 0.185 e. The van der Waals surface area contributed by atoms with Crippen LogP contribution in [0.15, 0.2) is 12.2 Å². The van der Waals surface area contributed by atoms with Crippen LogP contribution >= 0.6 is 0 Å². The van der Waals surface area contributed by atoms with Crippen LogP contribution in [0.1, 0.15) is 6.92 Å². The highest BCUT2D eigenvalue weighted by Crippen LogP contribution is 2.07. The molecule has 62 valence electrons. The van der Waals surface area contributed by atoms with Crippen molar-refractivity contribution >= 4 is 8.32 Å². The summed E-state index contributed by atoms with van der Waals surface area (Å²) < 4.78 is 5.52. The first kappa shape index (κ1) is 10.4. The number of nitriles is 1. The Morgan fingerprint density at radius 3 is 2.27 bits per heavy atom. The Balaban J connectivity index is 4.02. The molecule has 0 aliphatic heterocycles. The quantitative estimate of drug-likeness (QED) is 0.480. The van der Waals surface area contributed by atoms with E-state index in [1.165, 1.54) is 0 Å². The van der Waals surface area contributed by atoms with Crippen molar-refractivity contribution in [1.29, 1.82) is 5.26 Å². The molecule has 0 saturated carbocycles. The van der Waals surface area contributed by atoms with E-state index in [4.69, 9.17) is 9.69 Å².